The SMILES string of the molecule is CC(=O)N1CCc2cccc(NC(=O)Cc3cccc(Br)c3)c21. The van der Waals surface area contributed by atoms with E-state index in [0.717, 1.165) is 27.7 Å². The summed E-state index contributed by atoms with van der Waals surface area (Å²) in [6, 6.07) is 13.4. The summed E-state index contributed by atoms with van der Waals surface area (Å²) in [7, 11) is 0. The molecule has 0 bridgehead atoms. The summed E-state index contributed by atoms with van der Waals surface area (Å²) in [6.07, 6.45) is 1.12. The Kier molecular flexibility index (Phi) is 4.48. The number of carbonyl (C=O) groups excluding carboxylic acids is 2. The molecule has 2 aromatic carbocycles. The van der Waals surface area contributed by atoms with E-state index in [9.17, 15) is 9.59 Å². The average Bonchev–Trinajstić information content (AvgIpc) is 2.92. The molecule has 0 unspecified atom stereocenters. The number of halogens is 1. The van der Waals surface area contributed by atoms with E-state index in [-0.39, 0.29) is 11.8 Å². The molecular weight excluding hydrogens is 356 g/mol. The molecule has 0 fully saturated rings. The van der Waals surface area contributed by atoms with E-state index in [4.69, 9.17) is 0 Å². The van der Waals surface area contributed by atoms with E-state index >= 15 is 0 Å². The molecule has 0 aliphatic carbocycles. The Morgan fingerprint density at radius 3 is 2.74 bits per heavy atom. The van der Waals surface area contributed by atoms with Gasteiger partial charge in [-0.05, 0) is 35.7 Å². The van der Waals surface area contributed by atoms with Gasteiger partial charge in [-0.15, -0.1) is 0 Å². The van der Waals surface area contributed by atoms with E-state index in [2.05, 4.69) is 21.2 Å². The number of amides is 2. The minimum absolute atomic E-state index is 0.00237. The number of benzene rings is 2. The van der Waals surface area contributed by atoms with Gasteiger partial charge in [-0.3, -0.25) is 9.59 Å². The number of nitrogens with zero attached hydrogens (tertiary/aromatic N) is 1. The van der Waals surface area contributed by atoms with Gasteiger partial charge >= 0.3 is 0 Å². The van der Waals surface area contributed by atoms with Crippen molar-refractivity contribution < 1.29 is 9.59 Å². The lowest BCUT2D eigenvalue weighted by Gasteiger charge is -2.19. The molecule has 3 rings (SSSR count). The normalized spacial score (nSPS) is 12.9. The Bertz CT molecular complexity index is 773. The zero-order valence-corrected chi connectivity index (χ0v) is 14.4. The monoisotopic (exact) mass is 372 g/mol. The lowest BCUT2D eigenvalue weighted by Crippen LogP contribution is -2.27. The summed E-state index contributed by atoms with van der Waals surface area (Å²) in [4.78, 5) is 25.8. The molecule has 0 saturated carbocycles. The van der Waals surface area contributed by atoms with Crippen molar-refractivity contribution in [2.45, 2.75) is 19.8 Å². The van der Waals surface area contributed by atoms with Crippen LogP contribution in [-0.4, -0.2) is 18.4 Å². The quantitative estimate of drug-likeness (QED) is 0.895. The second kappa shape index (κ2) is 6.54. The van der Waals surface area contributed by atoms with Crippen LogP contribution in [0.2, 0.25) is 0 Å². The maximum Gasteiger partial charge on any atom is 0.228 e. The van der Waals surface area contributed by atoms with Crippen LogP contribution in [0.5, 0.6) is 0 Å². The molecule has 118 valence electrons. The molecule has 0 spiro atoms. The van der Waals surface area contributed by atoms with Crippen LogP contribution in [0.25, 0.3) is 0 Å². The van der Waals surface area contributed by atoms with Gasteiger partial charge in [-0.25, -0.2) is 0 Å². The van der Waals surface area contributed by atoms with Gasteiger partial charge in [0.05, 0.1) is 17.8 Å². The summed E-state index contributed by atoms with van der Waals surface area (Å²) in [5, 5.41) is 2.95. The fraction of sp³-hybridized carbons (Fsp3) is 0.222. The van der Waals surface area contributed by atoms with E-state index in [1.54, 1.807) is 11.8 Å². The second-order valence-corrected chi connectivity index (χ2v) is 6.50. The van der Waals surface area contributed by atoms with Crippen molar-refractivity contribution in [3.8, 4) is 0 Å². The van der Waals surface area contributed by atoms with Crippen molar-refractivity contribution in [2.75, 3.05) is 16.8 Å². The predicted molar refractivity (Wildman–Crippen MR) is 94.6 cm³/mol. The van der Waals surface area contributed by atoms with Gasteiger partial charge in [0.1, 0.15) is 0 Å². The minimum atomic E-state index is -0.0908. The number of hydrogen-bond acceptors (Lipinski definition) is 2. The largest absolute Gasteiger partial charge is 0.324 e. The summed E-state index contributed by atoms with van der Waals surface area (Å²) in [5.41, 5.74) is 3.58. The van der Waals surface area contributed by atoms with Crippen molar-refractivity contribution in [1.82, 2.24) is 0 Å². The number of hydrogen-bond donors (Lipinski definition) is 1. The molecule has 0 saturated heterocycles. The second-order valence-electron chi connectivity index (χ2n) is 5.59. The maximum atomic E-state index is 12.3. The van der Waals surface area contributed by atoms with Crippen LogP contribution >= 0.6 is 15.9 Å². The number of fused-ring (bicyclic) bond motifs is 1. The van der Waals surface area contributed by atoms with Crippen LogP contribution < -0.4 is 10.2 Å². The van der Waals surface area contributed by atoms with Gasteiger partial charge in [0.15, 0.2) is 0 Å². The summed E-state index contributed by atoms with van der Waals surface area (Å²) >= 11 is 3.41. The van der Waals surface area contributed by atoms with Crippen LogP contribution in [0.1, 0.15) is 18.1 Å². The first-order valence-electron chi connectivity index (χ1n) is 7.49. The van der Waals surface area contributed by atoms with Crippen LogP contribution in [0, 0.1) is 0 Å². The van der Waals surface area contributed by atoms with E-state index < -0.39 is 0 Å². The van der Waals surface area contributed by atoms with E-state index in [1.807, 2.05) is 42.5 Å². The van der Waals surface area contributed by atoms with Gasteiger partial charge in [0.25, 0.3) is 0 Å². The van der Waals surface area contributed by atoms with Crippen LogP contribution in [0.3, 0.4) is 0 Å². The average molecular weight is 373 g/mol. The number of rotatable bonds is 3. The van der Waals surface area contributed by atoms with Crippen molar-refractivity contribution in [3.63, 3.8) is 0 Å². The molecule has 0 atom stereocenters. The third kappa shape index (κ3) is 3.45. The topological polar surface area (TPSA) is 49.4 Å². The first kappa shape index (κ1) is 15.7. The molecule has 5 heteroatoms. The molecule has 0 aromatic heterocycles. The lowest BCUT2D eigenvalue weighted by molar-refractivity contribution is -0.117. The van der Waals surface area contributed by atoms with Crippen LogP contribution in [0.15, 0.2) is 46.9 Å². The summed E-state index contributed by atoms with van der Waals surface area (Å²) in [6.45, 7) is 2.22. The Balaban J connectivity index is 1.80. The Morgan fingerprint density at radius 2 is 2.00 bits per heavy atom. The highest BCUT2D eigenvalue weighted by atomic mass is 79.9. The Hall–Kier alpha value is -2.14. The zero-order valence-electron chi connectivity index (χ0n) is 12.8. The van der Waals surface area contributed by atoms with E-state index in [1.165, 1.54) is 0 Å². The van der Waals surface area contributed by atoms with Crippen LogP contribution in [-0.2, 0) is 22.4 Å². The molecule has 1 heterocycles. The van der Waals surface area contributed by atoms with Gasteiger partial charge in [-0.2, -0.15) is 0 Å². The highest BCUT2D eigenvalue weighted by Crippen LogP contribution is 2.35. The standard InChI is InChI=1S/C18H17BrN2O2/c1-12(22)21-9-8-14-5-3-7-16(18(14)21)20-17(23)11-13-4-2-6-15(19)10-13/h2-7,10H,8-9,11H2,1H3,(H,20,23). The number of carbonyl (C=O) groups is 2. The molecule has 2 amide bonds. The molecule has 4 nitrogen and oxygen atoms in total. The van der Waals surface area contributed by atoms with Crippen molar-refractivity contribution in [2.24, 2.45) is 0 Å². The Labute approximate surface area is 143 Å². The van der Waals surface area contributed by atoms with Gasteiger partial charge in [-0.1, -0.05) is 40.2 Å². The third-order valence-electron chi connectivity index (χ3n) is 3.90. The molecule has 0 radical (unpaired) electrons. The van der Waals surface area contributed by atoms with Crippen LogP contribution in [0.4, 0.5) is 11.4 Å². The smallest absolute Gasteiger partial charge is 0.228 e. The molecule has 1 aliphatic rings. The first-order valence-corrected chi connectivity index (χ1v) is 8.28. The summed E-state index contributed by atoms with van der Waals surface area (Å²) in [5.74, 6) is -0.0932. The number of para-hydroxylation sites is 1. The maximum absolute atomic E-state index is 12.3. The van der Waals surface area contributed by atoms with E-state index in [0.29, 0.717) is 18.7 Å². The van der Waals surface area contributed by atoms with Crippen molar-refractivity contribution in [3.05, 3.63) is 58.1 Å². The van der Waals surface area contributed by atoms with Gasteiger partial charge in [0, 0.05) is 17.9 Å². The molecule has 23 heavy (non-hydrogen) atoms. The molecule has 2 aromatic rings. The molecule has 1 aliphatic heterocycles. The Morgan fingerprint density at radius 1 is 1.22 bits per heavy atom. The van der Waals surface area contributed by atoms with Gasteiger partial charge < -0.3 is 10.2 Å². The minimum Gasteiger partial charge on any atom is -0.324 e. The fourth-order valence-corrected chi connectivity index (χ4v) is 3.35. The van der Waals surface area contributed by atoms with Gasteiger partial charge in [0.2, 0.25) is 11.8 Å². The lowest BCUT2D eigenvalue weighted by atomic mass is 10.1. The third-order valence-corrected chi connectivity index (χ3v) is 4.40. The first-order chi connectivity index (χ1) is 11.0. The predicted octanol–water partition coefficient (Wildman–Crippen LogP) is 3.54. The fourth-order valence-electron chi connectivity index (χ4n) is 2.90. The zero-order chi connectivity index (χ0) is 16.4. The molecule has 1 N–H and O–H groups in total. The molecular formula is C18H17BrN2O2. The highest BCUT2D eigenvalue weighted by molar-refractivity contribution is 9.10. The van der Waals surface area contributed by atoms with Crippen molar-refractivity contribution >= 4 is 39.1 Å². The highest BCUT2D eigenvalue weighted by Gasteiger charge is 2.25. The number of anilines is 2. The summed E-state index contributed by atoms with van der Waals surface area (Å²) < 4.78 is 0.950. The number of nitrogens with one attached hydrogen (secondary N) is 1. The van der Waals surface area contributed by atoms with Crippen molar-refractivity contribution in [1.29, 1.82) is 0 Å².